The second-order valence-corrected chi connectivity index (χ2v) is 7.27. The lowest BCUT2D eigenvalue weighted by atomic mass is 10.2. The highest BCUT2D eigenvalue weighted by molar-refractivity contribution is 7.09. The van der Waals surface area contributed by atoms with Gasteiger partial charge in [0.05, 0.1) is 6.04 Å². The van der Waals surface area contributed by atoms with Crippen LogP contribution < -0.4 is 10.2 Å². The van der Waals surface area contributed by atoms with E-state index >= 15 is 0 Å². The number of rotatable bonds is 5. The summed E-state index contributed by atoms with van der Waals surface area (Å²) in [5.74, 6) is 1.12. The third-order valence-corrected chi connectivity index (χ3v) is 5.80. The first-order valence-corrected chi connectivity index (χ1v) is 9.56. The number of hydrogen-bond acceptors (Lipinski definition) is 6. The van der Waals surface area contributed by atoms with E-state index in [9.17, 15) is 4.79 Å². The van der Waals surface area contributed by atoms with Gasteiger partial charge in [-0.1, -0.05) is 19.8 Å². The number of carbonyl (C=O) groups is 1. The van der Waals surface area contributed by atoms with Crippen molar-refractivity contribution in [1.29, 1.82) is 0 Å². The maximum absolute atomic E-state index is 12.4. The smallest absolute Gasteiger partial charge is 0.237 e. The lowest BCUT2D eigenvalue weighted by molar-refractivity contribution is -0.126. The molecule has 2 aliphatic rings. The number of nitrogens with zero attached hydrogens (tertiary/aromatic N) is 4. The summed E-state index contributed by atoms with van der Waals surface area (Å²) in [6.45, 7) is 7.74. The molecule has 1 amide bonds. The molecule has 1 aliphatic heterocycles. The van der Waals surface area contributed by atoms with Crippen LogP contribution in [0, 0.1) is 0 Å². The maximum Gasteiger partial charge on any atom is 0.237 e. The van der Waals surface area contributed by atoms with E-state index in [0.717, 1.165) is 56.4 Å². The van der Waals surface area contributed by atoms with Gasteiger partial charge in [0, 0.05) is 50.2 Å². The lowest BCUT2D eigenvalue weighted by Crippen LogP contribution is -2.54. The van der Waals surface area contributed by atoms with Crippen LogP contribution in [-0.4, -0.2) is 58.4 Å². The Morgan fingerprint density at radius 2 is 2.00 bits per heavy atom. The Hall–Kier alpha value is -1.21. The third-order valence-electron chi connectivity index (χ3n) is 4.99. The molecule has 1 aromatic rings. The molecule has 0 spiro atoms. The molecule has 0 aromatic carbocycles. The summed E-state index contributed by atoms with van der Waals surface area (Å²) < 4.78 is 4.36. The molecule has 1 atom stereocenters. The highest BCUT2D eigenvalue weighted by Gasteiger charge is 2.28. The third kappa shape index (κ3) is 4.01. The van der Waals surface area contributed by atoms with Crippen LogP contribution in [0.2, 0.25) is 0 Å². The van der Waals surface area contributed by atoms with Crippen molar-refractivity contribution < 1.29 is 4.79 Å². The van der Waals surface area contributed by atoms with Crippen LogP contribution in [0.15, 0.2) is 0 Å². The fraction of sp³-hybridized carbons (Fsp3) is 0.812. The van der Waals surface area contributed by atoms with E-state index in [4.69, 9.17) is 0 Å². The van der Waals surface area contributed by atoms with Crippen LogP contribution in [0.1, 0.15) is 45.4 Å². The molecule has 3 rings (SSSR count). The molecule has 0 radical (unpaired) electrons. The highest BCUT2D eigenvalue weighted by atomic mass is 32.1. The molecule has 23 heavy (non-hydrogen) atoms. The van der Waals surface area contributed by atoms with E-state index in [1.165, 1.54) is 24.4 Å². The average molecular weight is 337 g/mol. The van der Waals surface area contributed by atoms with E-state index in [-0.39, 0.29) is 11.9 Å². The second kappa shape index (κ2) is 7.57. The van der Waals surface area contributed by atoms with Crippen LogP contribution in [0.3, 0.4) is 0 Å². The monoisotopic (exact) mass is 337 g/mol. The fourth-order valence-corrected chi connectivity index (χ4v) is 4.18. The number of anilines is 1. The van der Waals surface area contributed by atoms with E-state index in [1.54, 1.807) is 0 Å². The van der Waals surface area contributed by atoms with E-state index < -0.39 is 0 Å². The summed E-state index contributed by atoms with van der Waals surface area (Å²) >= 11 is 1.48. The summed E-state index contributed by atoms with van der Waals surface area (Å²) in [6, 6.07) is 0.360. The SMILES string of the molecule is CCc1nsc(N2CCN(C(C)C(=O)NC3CCCC3)CC2)n1. The zero-order chi connectivity index (χ0) is 16.2. The maximum atomic E-state index is 12.4. The van der Waals surface area contributed by atoms with Crippen molar-refractivity contribution in [2.45, 2.75) is 58.0 Å². The van der Waals surface area contributed by atoms with Crippen molar-refractivity contribution in [3.05, 3.63) is 5.82 Å². The minimum absolute atomic E-state index is 0.0432. The fourth-order valence-electron chi connectivity index (χ4n) is 3.38. The Morgan fingerprint density at radius 1 is 1.30 bits per heavy atom. The predicted octanol–water partition coefficient (Wildman–Crippen LogP) is 1.67. The first-order chi connectivity index (χ1) is 11.2. The standard InChI is InChI=1S/C16H27N5OS/c1-3-14-18-16(23-19-14)21-10-8-20(9-11-21)12(2)15(22)17-13-6-4-5-7-13/h12-13H,3-11H2,1-2H3,(H,17,22). The quantitative estimate of drug-likeness (QED) is 0.886. The van der Waals surface area contributed by atoms with Crippen molar-refractivity contribution in [2.24, 2.45) is 0 Å². The van der Waals surface area contributed by atoms with Crippen LogP contribution in [0.5, 0.6) is 0 Å². The van der Waals surface area contributed by atoms with Crippen LogP contribution in [0.4, 0.5) is 5.13 Å². The summed E-state index contributed by atoms with van der Waals surface area (Å²) in [7, 11) is 0. The van der Waals surface area contributed by atoms with Gasteiger partial charge in [0.25, 0.3) is 0 Å². The molecular weight excluding hydrogens is 310 g/mol. The van der Waals surface area contributed by atoms with Crippen molar-refractivity contribution in [3.63, 3.8) is 0 Å². The lowest BCUT2D eigenvalue weighted by Gasteiger charge is -2.37. The molecule has 0 bridgehead atoms. The van der Waals surface area contributed by atoms with E-state index in [0.29, 0.717) is 6.04 Å². The molecular formula is C16H27N5OS. The summed E-state index contributed by atoms with van der Waals surface area (Å²) in [5, 5.41) is 4.23. The molecule has 1 unspecified atom stereocenters. The summed E-state index contributed by atoms with van der Waals surface area (Å²) in [5.41, 5.74) is 0. The number of piperazine rings is 1. The van der Waals surface area contributed by atoms with Crippen molar-refractivity contribution in [1.82, 2.24) is 19.6 Å². The van der Waals surface area contributed by atoms with Gasteiger partial charge in [0.2, 0.25) is 11.0 Å². The molecule has 1 N–H and O–H groups in total. The van der Waals surface area contributed by atoms with E-state index in [1.807, 2.05) is 6.92 Å². The molecule has 128 valence electrons. The second-order valence-electron chi connectivity index (χ2n) is 6.54. The van der Waals surface area contributed by atoms with Crippen LogP contribution in [0.25, 0.3) is 0 Å². The summed E-state index contributed by atoms with van der Waals surface area (Å²) in [4.78, 5) is 21.5. The van der Waals surface area contributed by atoms with Gasteiger partial charge < -0.3 is 10.2 Å². The Balaban J connectivity index is 1.48. The Labute approximate surface area is 142 Å². The van der Waals surface area contributed by atoms with Crippen molar-refractivity contribution in [2.75, 3.05) is 31.1 Å². The van der Waals surface area contributed by atoms with Crippen LogP contribution >= 0.6 is 11.5 Å². The number of amides is 1. The Bertz CT molecular complexity index is 520. The van der Waals surface area contributed by atoms with Crippen molar-refractivity contribution in [3.8, 4) is 0 Å². The first-order valence-electron chi connectivity index (χ1n) is 8.79. The zero-order valence-electron chi connectivity index (χ0n) is 14.1. The minimum Gasteiger partial charge on any atom is -0.352 e. The molecule has 2 heterocycles. The van der Waals surface area contributed by atoms with Gasteiger partial charge in [0.15, 0.2) is 0 Å². The largest absolute Gasteiger partial charge is 0.352 e. The molecule has 1 saturated heterocycles. The first kappa shape index (κ1) is 16.6. The van der Waals surface area contributed by atoms with Gasteiger partial charge in [-0.05, 0) is 19.8 Å². The molecule has 2 fully saturated rings. The normalized spacial score (nSPS) is 21.6. The number of aromatic nitrogens is 2. The van der Waals surface area contributed by atoms with Gasteiger partial charge in [-0.15, -0.1) is 0 Å². The van der Waals surface area contributed by atoms with Gasteiger partial charge in [-0.3, -0.25) is 9.69 Å². The van der Waals surface area contributed by atoms with Crippen LogP contribution in [-0.2, 0) is 11.2 Å². The van der Waals surface area contributed by atoms with Gasteiger partial charge in [-0.25, -0.2) is 4.98 Å². The number of nitrogens with one attached hydrogen (secondary N) is 1. The van der Waals surface area contributed by atoms with Gasteiger partial charge >= 0.3 is 0 Å². The molecule has 6 nitrogen and oxygen atoms in total. The summed E-state index contributed by atoms with van der Waals surface area (Å²) in [6.07, 6.45) is 5.67. The average Bonchev–Trinajstić information content (AvgIpc) is 3.25. The molecule has 1 aliphatic carbocycles. The molecule has 7 heteroatoms. The number of carbonyl (C=O) groups excluding carboxylic acids is 1. The van der Waals surface area contributed by atoms with Gasteiger partial charge in [-0.2, -0.15) is 4.37 Å². The Kier molecular flexibility index (Phi) is 5.48. The highest BCUT2D eigenvalue weighted by Crippen LogP contribution is 2.21. The topological polar surface area (TPSA) is 61.4 Å². The predicted molar refractivity (Wildman–Crippen MR) is 92.9 cm³/mol. The zero-order valence-corrected chi connectivity index (χ0v) is 14.9. The van der Waals surface area contributed by atoms with Gasteiger partial charge in [0.1, 0.15) is 5.82 Å². The number of aryl methyl sites for hydroxylation is 1. The molecule has 1 saturated carbocycles. The Morgan fingerprint density at radius 3 is 2.61 bits per heavy atom. The minimum atomic E-state index is -0.0432. The molecule has 1 aromatic heterocycles. The van der Waals surface area contributed by atoms with E-state index in [2.05, 4.69) is 31.4 Å². The number of hydrogen-bond donors (Lipinski definition) is 1. The van der Waals surface area contributed by atoms with Crippen molar-refractivity contribution >= 4 is 22.6 Å².